The number of hydrogen-bond donors (Lipinski definition) is 0. The lowest BCUT2D eigenvalue weighted by Gasteiger charge is -2.21. The van der Waals surface area contributed by atoms with Gasteiger partial charge in [-0.2, -0.15) is 5.10 Å². The van der Waals surface area contributed by atoms with Crippen molar-refractivity contribution in [2.75, 3.05) is 6.61 Å². The Morgan fingerprint density at radius 1 is 1.02 bits per heavy atom. The van der Waals surface area contributed by atoms with Crippen LogP contribution in [-0.4, -0.2) is 26.9 Å². The molecule has 3 aromatic carbocycles. The third-order valence-corrected chi connectivity index (χ3v) is 7.98. The average molecular weight is 591 g/mol. The first-order chi connectivity index (χ1) is 20.9. The fourth-order valence-corrected chi connectivity index (χ4v) is 6.01. The quantitative estimate of drug-likeness (QED) is 0.236. The summed E-state index contributed by atoms with van der Waals surface area (Å²) in [4.78, 5) is 32.2. The van der Waals surface area contributed by atoms with E-state index >= 15 is 0 Å². The van der Waals surface area contributed by atoms with E-state index in [1.807, 2.05) is 79.0 Å². The van der Waals surface area contributed by atoms with Gasteiger partial charge < -0.3 is 4.74 Å². The fourth-order valence-electron chi connectivity index (χ4n) is 4.96. The Hall–Kier alpha value is -5.15. The molecular formula is C34H27FN4O3S. The molecule has 0 amide bonds. The summed E-state index contributed by atoms with van der Waals surface area (Å²) in [6.45, 7) is 3.70. The molecule has 0 saturated carbocycles. The highest BCUT2D eigenvalue weighted by molar-refractivity contribution is 7.07. The van der Waals surface area contributed by atoms with Gasteiger partial charge in [-0.05, 0) is 61.9 Å². The van der Waals surface area contributed by atoms with E-state index in [1.165, 1.54) is 28.0 Å². The summed E-state index contributed by atoms with van der Waals surface area (Å²) in [7, 11) is 0. The maximum Gasteiger partial charge on any atom is 0.338 e. The molecule has 0 aliphatic carbocycles. The molecule has 1 aliphatic heterocycles. The van der Waals surface area contributed by atoms with Gasteiger partial charge in [0.2, 0.25) is 0 Å². The molecule has 7 nitrogen and oxygen atoms in total. The van der Waals surface area contributed by atoms with Crippen molar-refractivity contribution in [2.45, 2.75) is 19.9 Å². The topological polar surface area (TPSA) is 78.5 Å². The van der Waals surface area contributed by atoms with Crippen LogP contribution in [0.3, 0.4) is 0 Å². The Balaban J connectivity index is 1.52. The normalized spacial score (nSPS) is 15.0. The van der Waals surface area contributed by atoms with Crippen molar-refractivity contribution >= 4 is 29.5 Å². The van der Waals surface area contributed by atoms with Crippen LogP contribution in [0.15, 0.2) is 118 Å². The van der Waals surface area contributed by atoms with Crippen molar-refractivity contribution in [3.8, 4) is 16.9 Å². The van der Waals surface area contributed by atoms with Crippen molar-refractivity contribution < 1.29 is 13.9 Å². The molecule has 5 aromatic rings. The Morgan fingerprint density at radius 2 is 1.72 bits per heavy atom. The van der Waals surface area contributed by atoms with E-state index in [2.05, 4.69) is 4.99 Å². The van der Waals surface area contributed by atoms with Crippen LogP contribution in [0.4, 0.5) is 4.39 Å². The molecule has 43 heavy (non-hydrogen) atoms. The number of fused-ring (bicyclic) bond motifs is 1. The molecule has 6 rings (SSSR count). The number of nitrogens with zero attached hydrogens (tertiary/aromatic N) is 4. The molecule has 0 spiro atoms. The molecule has 1 atom stereocenters. The summed E-state index contributed by atoms with van der Waals surface area (Å²) in [5.41, 5.74) is 4.27. The van der Waals surface area contributed by atoms with Gasteiger partial charge in [0.25, 0.3) is 5.56 Å². The molecule has 1 unspecified atom stereocenters. The van der Waals surface area contributed by atoms with Crippen LogP contribution in [0.1, 0.15) is 31.0 Å². The highest BCUT2D eigenvalue weighted by Crippen LogP contribution is 2.27. The second-order valence-electron chi connectivity index (χ2n) is 9.83. The molecular weight excluding hydrogens is 563 g/mol. The lowest BCUT2D eigenvalue weighted by atomic mass is 10.0. The van der Waals surface area contributed by atoms with Gasteiger partial charge in [0.1, 0.15) is 11.5 Å². The van der Waals surface area contributed by atoms with Crippen molar-refractivity contribution in [3.63, 3.8) is 0 Å². The number of esters is 1. The average Bonchev–Trinajstić information content (AvgIpc) is 3.57. The molecule has 0 fully saturated rings. The van der Waals surface area contributed by atoms with Crippen LogP contribution in [0.25, 0.3) is 29.1 Å². The van der Waals surface area contributed by atoms with E-state index < -0.39 is 12.0 Å². The summed E-state index contributed by atoms with van der Waals surface area (Å²) < 4.78 is 22.8. The van der Waals surface area contributed by atoms with Gasteiger partial charge in [0.15, 0.2) is 4.80 Å². The first-order valence-corrected chi connectivity index (χ1v) is 14.6. The van der Waals surface area contributed by atoms with Crippen LogP contribution in [0.2, 0.25) is 0 Å². The molecule has 0 bridgehead atoms. The second kappa shape index (κ2) is 12.0. The Labute approximate surface area is 250 Å². The van der Waals surface area contributed by atoms with Crippen molar-refractivity contribution in [3.05, 3.63) is 145 Å². The van der Waals surface area contributed by atoms with Crippen molar-refractivity contribution in [1.82, 2.24) is 14.3 Å². The standard InChI is InChI=1S/C34H27FN4O3S/c1-3-42-33(41)30-22(2)36-34-39(28(30)19-14-23-10-6-4-7-11-23)32(40)29(43-34)20-25-21-38(27-12-8-5-9-13-27)37-31(25)24-15-17-26(35)18-16-24/h4-21,28H,3H2,1-2H3/b19-14+,29-20-. The van der Waals surface area contributed by atoms with E-state index in [0.29, 0.717) is 37.4 Å². The van der Waals surface area contributed by atoms with E-state index in [9.17, 15) is 14.0 Å². The summed E-state index contributed by atoms with van der Waals surface area (Å²) >= 11 is 1.24. The van der Waals surface area contributed by atoms with Crippen LogP contribution in [-0.2, 0) is 9.53 Å². The number of carbonyl (C=O) groups is 1. The molecule has 9 heteroatoms. The smallest absolute Gasteiger partial charge is 0.338 e. The Bertz CT molecular complexity index is 2040. The first-order valence-electron chi connectivity index (χ1n) is 13.8. The summed E-state index contributed by atoms with van der Waals surface area (Å²) in [6.07, 6.45) is 7.33. The Morgan fingerprint density at radius 3 is 2.42 bits per heavy atom. The molecule has 0 N–H and O–H groups in total. The largest absolute Gasteiger partial charge is 0.463 e. The Kier molecular flexibility index (Phi) is 7.81. The number of benzene rings is 3. The van der Waals surface area contributed by atoms with Gasteiger partial charge in [-0.3, -0.25) is 9.36 Å². The SMILES string of the molecule is CCOC(=O)C1=C(C)N=c2s/c(=C\c3cn(-c4ccccc4)nc3-c3ccc(F)cc3)c(=O)n2C1/C=C/c1ccccc1. The van der Waals surface area contributed by atoms with Crippen molar-refractivity contribution in [1.29, 1.82) is 0 Å². The van der Waals surface area contributed by atoms with Crippen LogP contribution in [0.5, 0.6) is 0 Å². The highest BCUT2D eigenvalue weighted by Gasteiger charge is 2.30. The van der Waals surface area contributed by atoms with Gasteiger partial charge in [-0.25, -0.2) is 18.9 Å². The van der Waals surface area contributed by atoms with Gasteiger partial charge in [-0.1, -0.05) is 72.0 Å². The molecule has 0 radical (unpaired) electrons. The number of aromatic nitrogens is 3. The highest BCUT2D eigenvalue weighted by atomic mass is 32.1. The molecule has 0 saturated heterocycles. The number of para-hydroxylation sites is 1. The third-order valence-electron chi connectivity index (χ3n) is 7.00. The third kappa shape index (κ3) is 5.67. The molecule has 3 heterocycles. The predicted molar refractivity (Wildman–Crippen MR) is 166 cm³/mol. The zero-order valence-electron chi connectivity index (χ0n) is 23.5. The van der Waals surface area contributed by atoms with E-state index in [4.69, 9.17) is 9.84 Å². The minimum atomic E-state index is -0.707. The van der Waals surface area contributed by atoms with Gasteiger partial charge in [0.05, 0.1) is 34.1 Å². The van der Waals surface area contributed by atoms with E-state index in [1.54, 1.807) is 36.7 Å². The van der Waals surface area contributed by atoms with Gasteiger partial charge in [0, 0.05) is 17.3 Å². The lowest BCUT2D eigenvalue weighted by Crippen LogP contribution is -2.38. The number of rotatable bonds is 7. The van der Waals surface area contributed by atoms with Crippen LogP contribution >= 0.6 is 11.3 Å². The number of allylic oxidation sites excluding steroid dienone is 2. The number of hydrogen-bond acceptors (Lipinski definition) is 6. The predicted octanol–water partition coefficient (Wildman–Crippen LogP) is 5.46. The van der Waals surface area contributed by atoms with Gasteiger partial charge in [-0.15, -0.1) is 0 Å². The molecule has 1 aliphatic rings. The summed E-state index contributed by atoms with van der Waals surface area (Å²) in [5, 5.41) is 4.79. The number of thiazole rings is 1. The maximum absolute atomic E-state index is 14.0. The minimum absolute atomic E-state index is 0.201. The zero-order chi connectivity index (χ0) is 29.9. The number of halogens is 1. The zero-order valence-corrected chi connectivity index (χ0v) is 24.3. The first kappa shape index (κ1) is 28.0. The lowest BCUT2D eigenvalue weighted by molar-refractivity contribution is -0.139. The second-order valence-corrected chi connectivity index (χ2v) is 10.8. The van der Waals surface area contributed by atoms with Crippen LogP contribution < -0.4 is 14.9 Å². The fraction of sp³-hybridized carbons (Fsp3) is 0.118. The maximum atomic E-state index is 14.0. The van der Waals surface area contributed by atoms with E-state index in [-0.39, 0.29) is 18.0 Å². The number of ether oxygens (including phenoxy) is 1. The summed E-state index contributed by atoms with van der Waals surface area (Å²) in [5.74, 6) is -0.860. The minimum Gasteiger partial charge on any atom is -0.463 e. The van der Waals surface area contributed by atoms with Gasteiger partial charge >= 0.3 is 5.97 Å². The summed E-state index contributed by atoms with van der Waals surface area (Å²) in [6, 6.07) is 24.7. The van der Waals surface area contributed by atoms with E-state index in [0.717, 1.165) is 11.3 Å². The monoisotopic (exact) mass is 590 g/mol. The van der Waals surface area contributed by atoms with Crippen LogP contribution in [0, 0.1) is 5.82 Å². The molecule has 214 valence electrons. The number of carbonyl (C=O) groups excluding carboxylic acids is 1. The van der Waals surface area contributed by atoms with Crippen molar-refractivity contribution in [2.24, 2.45) is 4.99 Å². The molecule has 2 aromatic heterocycles.